The first-order valence-corrected chi connectivity index (χ1v) is 5.61. The number of nitrogens with one attached hydrogen (secondary N) is 1. The van der Waals surface area contributed by atoms with Crippen molar-refractivity contribution in [1.29, 1.82) is 0 Å². The summed E-state index contributed by atoms with van der Waals surface area (Å²) in [5.74, 6) is -4.52. The van der Waals surface area contributed by atoms with Crippen molar-refractivity contribution in [3.05, 3.63) is 33.1 Å². The summed E-state index contributed by atoms with van der Waals surface area (Å²) in [6.45, 7) is -1.77. The van der Waals surface area contributed by atoms with E-state index in [1.807, 2.05) is 0 Å². The first kappa shape index (κ1) is 15.7. The van der Waals surface area contributed by atoms with Gasteiger partial charge in [-0.25, -0.2) is 13.6 Å². The van der Waals surface area contributed by atoms with Crippen LogP contribution in [0.5, 0.6) is 0 Å². The van der Waals surface area contributed by atoms with Crippen LogP contribution in [-0.4, -0.2) is 50.4 Å². The topological polar surface area (TPSA) is 105 Å². The molecule has 1 aliphatic rings. The van der Waals surface area contributed by atoms with E-state index in [0.717, 1.165) is 6.07 Å². The minimum Gasteiger partial charge on any atom is -0.393 e. The lowest BCUT2D eigenvalue weighted by Gasteiger charge is -2.31. The molecule has 7 nitrogen and oxygen atoms in total. The van der Waals surface area contributed by atoms with Crippen molar-refractivity contribution < 1.29 is 32.5 Å². The predicted molar refractivity (Wildman–Crippen MR) is 58.2 cm³/mol. The molecule has 1 aliphatic heterocycles. The number of ether oxygens (including phenoxy) is 1. The summed E-state index contributed by atoms with van der Waals surface area (Å²) in [5, 5.41) is 18.4. The highest BCUT2D eigenvalue weighted by Crippen LogP contribution is 2.50. The highest BCUT2D eigenvalue weighted by Gasteiger charge is 2.73. The minimum atomic E-state index is -4.52. The normalized spacial score (nSPS) is 31.8. The number of aromatic nitrogens is 2. The molecule has 0 bridgehead atoms. The summed E-state index contributed by atoms with van der Waals surface area (Å²) in [4.78, 5) is 24.1. The molecule has 0 spiro atoms. The van der Waals surface area contributed by atoms with Crippen LogP contribution in [0.15, 0.2) is 21.9 Å². The number of hydrogen-bond acceptors (Lipinski definition) is 5. The highest BCUT2D eigenvalue weighted by atomic mass is 19.3. The van der Waals surface area contributed by atoms with Gasteiger partial charge >= 0.3 is 11.6 Å². The van der Waals surface area contributed by atoms with Gasteiger partial charge in [0.1, 0.15) is 0 Å². The van der Waals surface area contributed by atoms with Crippen molar-refractivity contribution >= 4 is 0 Å². The quantitative estimate of drug-likeness (QED) is 0.625. The maximum absolute atomic E-state index is 13.9. The number of aliphatic hydroxyl groups excluding tert-OH is 2. The van der Waals surface area contributed by atoms with Crippen LogP contribution < -0.4 is 11.2 Å². The number of nitrogens with zero attached hydrogens (tertiary/aromatic N) is 1. The number of aliphatic hydroxyl groups is 2. The van der Waals surface area contributed by atoms with Gasteiger partial charge in [0.15, 0.2) is 12.3 Å². The Morgan fingerprint density at radius 2 is 2.05 bits per heavy atom. The second-order valence-corrected chi connectivity index (χ2v) is 4.44. The molecule has 0 radical (unpaired) electrons. The van der Waals surface area contributed by atoms with E-state index in [1.54, 1.807) is 4.98 Å². The van der Waals surface area contributed by atoms with E-state index in [4.69, 9.17) is 5.11 Å². The number of hydrogen-bond donors (Lipinski definition) is 3. The first-order chi connectivity index (χ1) is 9.67. The van der Waals surface area contributed by atoms with Crippen LogP contribution in [0.3, 0.4) is 0 Å². The van der Waals surface area contributed by atoms with Crippen LogP contribution in [0.2, 0.25) is 0 Å². The molecule has 1 fully saturated rings. The SMILES string of the molecule is O=c1ccn([C@H]2O[C@](CO)(C(F)F)C(F)(F)C2O)c(=O)[nH]1. The number of H-pyrrole nitrogens is 1. The zero-order valence-electron chi connectivity index (χ0n) is 10.2. The van der Waals surface area contributed by atoms with Crippen LogP contribution in [0.4, 0.5) is 17.6 Å². The average molecular weight is 314 g/mol. The van der Waals surface area contributed by atoms with Crippen molar-refractivity contribution in [3.63, 3.8) is 0 Å². The van der Waals surface area contributed by atoms with Crippen LogP contribution in [0.25, 0.3) is 0 Å². The zero-order valence-corrected chi connectivity index (χ0v) is 10.2. The fourth-order valence-electron chi connectivity index (χ4n) is 2.03. The zero-order chi connectivity index (χ0) is 16.0. The summed E-state index contributed by atoms with van der Waals surface area (Å²) in [6.07, 6.45) is -8.12. The number of halogens is 4. The van der Waals surface area contributed by atoms with Crippen LogP contribution in [0.1, 0.15) is 6.23 Å². The van der Waals surface area contributed by atoms with Gasteiger partial charge in [0, 0.05) is 12.3 Å². The van der Waals surface area contributed by atoms with Gasteiger partial charge in [-0.15, -0.1) is 0 Å². The van der Waals surface area contributed by atoms with Gasteiger partial charge < -0.3 is 14.9 Å². The second-order valence-electron chi connectivity index (χ2n) is 4.44. The molecule has 1 aromatic heterocycles. The Bertz CT molecular complexity index is 645. The van der Waals surface area contributed by atoms with E-state index in [-0.39, 0.29) is 0 Å². The van der Waals surface area contributed by atoms with Gasteiger partial charge in [-0.2, -0.15) is 8.78 Å². The third kappa shape index (κ3) is 2.08. The smallest absolute Gasteiger partial charge is 0.330 e. The minimum absolute atomic E-state index is 0.333. The lowest BCUT2D eigenvalue weighted by molar-refractivity contribution is -0.244. The Morgan fingerprint density at radius 1 is 1.43 bits per heavy atom. The molecule has 0 aromatic carbocycles. The molecule has 0 amide bonds. The summed E-state index contributed by atoms with van der Waals surface area (Å²) in [6, 6.07) is 0.761. The summed E-state index contributed by atoms with van der Waals surface area (Å²) < 4.78 is 58.3. The molecule has 0 aliphatic carbocycles. The molecule has 2 heterocycles. The molecule has 3 atom stereocenters. The fourth-order valence-corrected chi connectivity index (χ4v) is 2.03. The van der Waals surface area contributed by atoms with Crippen molar-refractivity contribution in [3.8, 4) is 0 Å². The average Bonchev–Trinajstić information content (AvgIpc) is 2.59. The van der Waals surface area contributed by atoms with Gasteiger partial charge in [0.2, 0.25) is 5.60 Å². The van der Waals surface area contributed by atoms with Crippen LogP contribution >= 0.6 is 0 Å². The van der Waals surface area contributed by atoms with E-state index >= 15 is 0 Å². The van der Waals surface area contributed by atoms with Crippen LogP contribution in [0, 0.1) is 0 Å². The lowest BCUT2D eigenvalue weighted by atomic mass is 9.95. The highest BCUT2D eigenvalue weighted by molar-refractivity contribution is 5.09. The molecule has 21 heavy (non-hydrogen) atoms. The Labute approximate surface area is 113 Å². The Hall–Kier alpha value is -1.72. The van der Waals surface area contributed by atoms with Crippen molar-refractivity contribution in [2.45, 2.75) is 30.3 Å². The third-order valence-corrected chi connectivity index (χ3v) is 3.25. The molecule has 118 valence electrons. The van der Waals surface area contributed by atoms with Gasteiger partial charge in [-0.3, -0.25) is 14.3 Å². The van der Waals surface area contributed by atoms with E-state index in [1.165, 1.54) is 0 Å². The molecular formula is C10H10F4N2O5. The number of aromatic amines is 1. The molecule has 1 unspecified atom stereocenters. The number of rotatable bonds is 3. The molecule has 1 aromatic rings. The standard InChI is InChI=1S/C10H10F4N2O5/c11-7(12)9(3-17)10(13,14)5(19)6(21-9)16-2-1-4(18)15-8(16)20/h1-2,5-7,17,19H,3H2,(H,15,18,20)/t5?,6-,9+/m0/s1. The molecule has 0 saturated carbocycles. The third-order valence-electron chi connectivity index (χ3n) is 3.25. The van der Waals surface area contributed by atoms with Gasteiger partial charge in [-0.1, -0.05) is 0 Å². The van der Waals surface area contributed by atoms with Gasteiger partial charge in [-0.05, 0) is 0 Å². The van der Waals surface area contributed by atoms with Crippen molar-refractivity contribution in [2.24, 2.45) is 0 Å². The van der Waals surface area contributed by atoms with E-state index in [2.05, 4.69) is 4.74 Å². The molecular weight excluding hydrogens is 304 g/mol. The Morgan fingerprint density at radius 3 is 2.48 bits per heavy atom. The second kappa shape index (κ2) is 4.93. The molecule has 2 rings (SSSR count). The predicted octanol–water partition coefficient (Wildman–Crippen LogP) is -0.942. The molecule has 11 heteroatoms. The largest absolute Gasteiger partial charge is 0.393 e. The Kier molecular flexibility index (Phi) is 3.68. The van der Waals surface area contributed by atoms with Crippen LogP contribution in [-0.2, 0) is 4.74 Å². The number of alkyl halides is 4. The van der Waals surface area contributed by atoms with Crippen molar-refractivity contribution in [1.82, 2.24) is 9.55 Å². The van der Waals surface area contributed by atoms with E-state index in [0.29, 0.717) is 10.8 Å². The van der Waals surface area contributed by atoms with Gasteiger partial charge in [0.25, 0.3) is 12.0 Å². The fraction of sp³-hybridized carbons (Fsp3) is 0.600. The van der Waals surface area contributed by atoms with E-state index < -0.39 is 48.1 Å². The van der Waals surface area contributed by atoms with Crippen molar-refractivity contribution in [2.75, 3.05) is 6.61 Å². The molecule has 3 N–H and O–H groups in total. The monoisotopic (exact) mass is 314 g/mol. The first-order valence-electron chi connectivity index (χ1n) is 5.61. The summed E-state index contributed by atoms with van der Waals surface area (Å²) >= 11 is 0. The van der Waals surface area contributed by atoms with Gasteiger partial charge in [0.05, 0.1) is 6.61 Å². The van der Waals surface area contributed by atoms with E-state index in [9.17, 15) is 32.3 Å². The maximum Gasteiger partial charge on any atom is 0.330 e. The lowest BCUT2D eigenvalue weighted by Crippen LogP contribution is -2.57. The maximum atomic E-state index is 13.9. The summed E-state index contributed by atoms with van der Waals surface area (Å²) in [5.41, 5.74) is -5.73. The Balaban J connectivity index is 2.54. The molecule has 1 saturated heterocycles. The summed E-state index contributed by atoms with van der Waals surface area (Å²) in [7, 11) is 0.